The van der Waals surface area contributed by atoms with Gasteiger partial charge in [0.2, 0.25) is 0 Å². The Morgan fingerprint density at radius 2 is 0.698 bits per heavy atom. The van der Waals surface area contributed by atoms with Gasteiger partial charge in [-0.2, -0.15) is 15.0 Å². The predicted octanol–water partition coefficient (Wildman–Crippen LogP) is 1.84. The van der Waals surface area contributed by atoms with Gasteiger partial charge < -0.3 is 150 Å². The van der Waals surface area contributed by atoms with Crippen LogP contribution in [0.15, 0.2) is 89.9 Å². The molecule has 14 unspecified atom stereocenters. The van der Waals surface area contributed by atoms with Crippen LogP contribution in [0.3, 0.4) is 0 Å². The van der Waals surface area contributed by atoms with Crippen LogP contribution in [0.2, 0.25) is 0 Å². The van der Waals surface area contributed by atoms with Gasteiger partial charge in [0.15, 0.2) is 29.2 Å². The van der Waals surface area contributed by atoms with Crippen LogP contribution >= 0.6 is 59.4 Å². The van der Waals surface area contributed by atoms with Crippen molar-refractivity contribution in [2.45, 2.75) is 222 Å². The number of imidazole rings is 2. The highest BCUT2D eigenvalue weighted by Crippen LogP contribution is 2.61. The van der Waals surface area contributed by atoms with Crippen LogP contribution in [0.4, 0.5) is 29.1 Å². The molecule has 7 fully saturated rings. The molecule has 16 rings (SSSR count). The zero-order chi connectivity index (χ0) is 107. The van der Waals surface area contributed by atoms with Gasteiger partial charge in [-0.05, 0) is 112 Å². The molecule has 9 aromatic heterocycles. The van der Waals surface area contributed by atoms with E-state index in [1.807, 2.05) is 0 Å². The predicted molar refractivity (Wildman–Crippen MR) is 544 cm³/mol. The normalized spacial score (nSPS) is 29.6. The van der Waals surface area contributed by atoms with Gasteiger partial charge in [-0.3, -0.25) is 65.1 Å². The van der Waals surface area contributed by atoms with E-state index in [4.69, 9.17) is 205 Å². The number of methoxy groups -OCH3 is 1. The molecule has 60 nitrogen and oxygen atoms in total. The Morgan fingerprint density at radius 1 is 0.383 bits per heavy atom. The van der Waals surface area contributed by atoms with E-state index in [9.17, 15) is 67.5 Å². The van der Waals surface area contributed by atoms with Gasteiger partial charge in [0.25, 0.3) is 11.1 Å². The molecular weight excluding hydrogens is 2260 g/mol. The number of nitrogen functional groups attached to an aromatic ring is 5. The molecule has 0 aliphatic carbocycles. The number of aromatic amines is 2. The molecule has 9 aromatic rings. The maximum atomic E-state index is 14.8. The van der Waals surface area contributed by atoms with Crippen LogP contribution in [0.25, 0.3) is 22.3 Å². The van der Waals surface area contributed by atoms with Gasteiger partial charge in [0.05, 0.1) is 102 Å². The average Bonchev–Trinajstić information content (AvgIpc) is 1.60. The number of aromatic nitrogens is 18. The van der Waals surface area contributed by atoms with Gasteiger partial charge in [0, 0.05) is 112 Å². The fourth-order valence-electron chi connectivity index (χ4n) is 17.1. The summed E-state index contributed by atoms with van der Waals surface area (Å²) in [6.07, 6.45) is -18.7. The van der Waals surface area contributed by atoms with E-state index < -0.39 is 268 Å². The molecular formula is C75H104N23O37P7S7. The van der Waals surface area contributed by atoms with Crippen molar-refractivity contribution >= 4 is 182 Å². The number of nitrogens with one attached hydrogen (secondary N) is 2. The first-order chi connectivity index (χ1) is 70.2. The largest absolute Gasteiger partial charge is 0.386 e. The standard InChI is InChI=1S/C75H104N23O37P7S7/c1-9-38-39(12-51(122-38)92-18-33(2)61(76)87-71(92)101)129-137(107,144)116-23-47-42(15-54(125-47)95-21-36(5)68(99)90-74(95)104)131-139(109,146)118-26-48-43(16-55(126-48)96-22-37(6)69(100)91-75(96)105)132-140(110,147)120-27-49-44(17-56(127-49)97-31-85-57-64(79)81-29-83-66(57)97)134-141(111,148)119-24-45-40(13-52(123-45)93-19-34(3)62(77)88-72(93)102)130-138(108,145)117-25-46-41(14-53(124-46)94-20-35(4)63(78)89-73(94)103)133-142(112,149)121-28-50-59(135-136(106,143)114-8)60(115-11-10-113-7)70(128-50)98-32-86-58-65(80)82-30-84-67(58)98/h18-22,29-32,38-56,59-60,70H,9-17,23-28H2,1-8H3,(H,106,143)(H,107,144)(H,108,145)(H,109,146)(H,110,147)(H,111,148)(H,112,149)(H2,76,87,101)(H2,77,88,102)(H2,78,89,103)(H2,79,81,83)(H2,80,82,84)(H,90,99,104)(H,91,100,105)/t38-,39?,40?,41?,42?,43?,44?,45-,46-,47-,48-,49-,50-,51-,52-,53-,54-,55-,56-,59?,60+,70-,136?,137?,138?,139?,140?,141?,142?/m1/s1. The van der Waals surface area contributed by atoms with Crippen molar-refractivity contribution in [1.82, 2.24) is 86.8 Å². The Morgan fingerprint density at radius 3 is 1.06 bits per heavy atom. The highest BCUT2D eigenvalue weighted by molar-refractivity contribution is 8.44. The Balaban J connectivity index is 0.610. The molecule has 0 spiro atoms. The third-order valence-electron chi connectivity index (χ3n) is 24.6. The van der Waals surface area contributed by atoms with E-state index in [1.165, 1.54) is 84.6 Å². The molecule has 74 heteroatoms. The lowest BCUT2D eigenvalue weighted by Crippen LogP contribution is -2.38. The first-order valence-electron chi connectivity index (χ1n) is 45.0. The smallest absolute Gasteiger partial charge is 0.383 e. The lowest BCUT2D eigenvalue weighted by Gasteiger charge is -2.29. The van der Waals surface area contributed by atoms with E-state index in [2.05, 4.69) is 67.1 Å². The van der Waals surface area contributed by atoms with E-state index in [0.717, 1.165) is 31.7 Å². The first-order valence-corrected chi connectivity index (χ1v) is 63.2. The van der Waals surface area contributed by atoms with E-state index >= 15 is 0 Å². The summed E-state index contributed by atoms with van der Waals surface area (Å²) < 4.78 is 163. The lowest BCUT2D eigenvalue weighted by atomic mass is 10.1. The number of H-pyrrole nitrogens is 2. The molecule has 818 valence electrons. The topological polar surface area (TPSA) is 782 Å². The van der Waals surface area contributed by atoms with Crippen molar-refractivity contribution < 1.29 is 140 Å². The van der Waals surface area contributed by atoms with Gasteiger partial charge in [-0.15, -0.1) is 0 Å². The summed E-state index contributed by atoms with van der Waals surface area (Å²) in [5.74, 6) is -0.209. The number of thiol groups is 1. The van der Waals surface area contributed by atoms with Crippen molar-refractivity contribution in [2.24, 2.45) is 0 Å². The zero-order valence-electron chi connectivity index (χ0n) is 79.4. The van der Waals surface area contributed by atoms with E-state index in [0.29, 0.717) is 23.1 Å². The van der Waals surface area contributed by atoms with Gasteiger partial charge in [0.1, 0.15) is 133 Å². The number of nitrogens with two attached hydrogens (primary N) is 5. The molecule has 149 heavy (non-hydrogen) atoms. The molecule has 29 atom stereocenters. The van der Waals surface area contributed by atoms with Crippen LogP contribution in [0.1, 0.15) is 123 Å². The Bertz CT molecular complexity index is 7310. The first kappa shape index (κ1) is 115. The minimum atomic E-state index is -4.81. The molecule has 18 N–H and O–H groups in total. The summed E-state index contributed by atoms with van der Waals surface area (Å²) >= 11 is 37.9. The molecule has 0 radical (unpaired) electrons. The maximum absolute atomic E-state index is 14.8. The summed E-state index contributed by atoms with van der Waals surface area (Å²) in [6.45, 7) is -27.3. The molecule has 0 saturated carbocycles. The van der Waals surface area contributed by atoms with Gasteiger partial charge >= 0.3 is 75.6 Å². The molecule has 0 bridgehead atoms. The van der Waals surface area contributed by atoms with E-state index in [-0.39, 0.29) is 108 Å². The minimum absolute atomic E-state index is 0.00765. The monoisotopic (exact) mass is 2360 g/mol. The number of aryl methyl sites for hydroxylation is 5. The Kier molecular flexibility index (Phi) is 36.3. The molecule has 7 saturated heterocycles. The van der Waals surface area contributed by atoms with Crippen molar-refractivity contribution in [1.29, 1.82) is 0 Å². The van der Waals surface area contributed by atoms with Crippen LogP contribution < -0.4 is 68.2 Å². The number of rotatable bonds is 45. The maximum Gasteiger partial charge on any atom is 0.386 e. The lowest BCUT2D eigenvalue weighted by molar-refractivity contribution is -0.0778. The second-order valence-electron chi connectivity index (χ2n) is 34.8. The van der Waals surface area contributed by atoms with Crippen molar-refractivity contribution in [3.63, 3.8) is 0 Å². The molecule has 0 amide bonds. The third-order valence-corrected chi connectivity index (χ3v) is 35.9. The summed E-state index contributed by atoms with van der Waals surface area (Å²) in [5.41, 5.74) is 26.4. The Hall–Kier alpha value is -6.58. The minimum Gasteiger partial charge on any atom is -0.383 e. The van der Waals surface area contributed by atoms with Gasteiger partial charge in [-0.1, -0.05) is 19.2 Å². The number of hydrogen-bond donors (Lipinski definition) is 14. The van der Waals surface area contributed by atoms with E-state index in [1.54, 1.807) is 27.7 Å². The molecule has 0 aromatic carbocycles. The number of nitrogens with zero attached hydrogens (tertiary/aromatic N) is 16. The molecule has 16 heterocycles. The van der Waals surface area contributed by atoms with Gasteiger partial charge in [-0.25, -0.2) is 58.4 Å². The summed E-state index contributed by atoms with van der Waals surface area (Å²) in [4.78, 5) is 206. The highest BCUT2D eigenvalue weighted by Gasteiger charge is 2.54. The van der Waals surface area contributed by atoms with Crippen molar-refractivity contribution in [3.8, 4) is 0 Å². The second kappa shape index (κ2) is 47.1. The summed E-state index contributed by atoms with van der Waals surface area (Å²) in [7, 11) is 2.55. The fourth-order valence-corrected chi connectivity index (χ4v) is 27.0. The SMILES string of the molecule is CC[C@H]1O[C@@H](n2cc(C)c(N)nc2=O)CC1OP(O)(=S)OC[C@H]1O[C@@H](n2cc(C)c(=O)[nH]c2=O)CC1OP(=O)(S)OC[C@H]1O[C@@H](n2cc(C)c(=O)[nH]c2=O)CC1OP(O)(=S)OC[C@H]1O[C@@H](n2cnc3c(N)ncnc32)CC1OP(O)(=S)OC[C@H]1O[C@@H](n2cc(C)c(N)nc2=O)CC1OP(O)(=S)OC[C@H]1O[C@@H](n2cc(C)c(N)nc2=O)CC1OP(O)(=S)OC[C@H]1O[C@@H](n2cnc3c(N)ncnc32)[C@@H](OCCOC)C1OP(O)(=S)OC. The van der Waals surface area contributed by atoms with Crippen LogP contribution in [0, 0.1) is 34.6 Å². The summed E-state index contributed by atoms with van der Waals surface area (Å²) in [5, 5.41) is 0. The van der Waals surface area contributed by atoms with Crippen molar-refractivity contribution in [2.75, 3.05) is 95.7 Å². The van der Waals surface area contributed by atoms with Crippen LogP contribution in [-0.2, 0) is 181 Å². The third kappa shape index (κ3) is 27.5. The quantitative estimate of drug-likeness (QED) is 0.0147. The van der Waals surface area contributed by atoms with Crippen LogP contribution in [0.5, 0.6) is 0 Å². The molecule has 7 aliphatic heterocycles. The Labute approximate surface area is 877 Å². The fraction of sp³-hybridized carbons (Fsp3) is 0.600. The van der Waals surface area contributed by atoms with Crippen molar-refractivity contribution in [3.05, 3.63) is 157 Å². The number of hydrogen-bond acceptors (Lipinski definition) is 51. The highest BCUT2D eigenvalue weighted by atomic mass is 32.7. The second-order valence-corrected chi connectivity index (χ2v) is 54.5. The number of ether oxygens (including phenoxy) is 9. The summed E-state index contributed by atoms with van der Waals surface area (Å²) in [6, 6.07) is 0. The molecule has 7 aliphatic rings. The number of anilines is 5. The average molecular weight is 2360 g/mol. The van der Waals surface area contributed by atoms with Crippen LogP contribution in [-0.4, -0.2) is 275 Å². The number of fused-ring (bicyclic) bond motifs is 2. The zero-order valence-corrected chi connectivity index (χ0v) is 91.5.